The number of rotatable bonds is 6. The molecule has 1 N–H and O–H groups in total. The van der Waals surface area contributed by atoms with E-state index in [4.69, 9.17) is 16.0 Å². The summed E-state index contributed by atoms with van der Waals surface area (Å²) in [6.45, 7) is 2.63. The molecule has 1 aliphatic heterocycles. The van der Waals surface area contributed by atoms with E-state index < -0.39 is 0 Å². The molecular formula is C19H21ClN2O2. The molecule has 2 aromatic rings. The van der Waals surface area contributed by atoms with Crippen LogP contribution < -0.4 is 5.32 Å². The average Bonchev–Trinajstić information content (AvgIpc) is 3.29. The van der Waals surface area contributed by atoms with Crippen LogP contribution in [0.5, 0.6) is 0 Å². The summed E-state index contributed by atoms with van der Waals surface area (Å²) in [4.78, 5) is 14.5. The monoisotopic (exact) mass is 344 g/mol. The number of furan rings is 1. The summed E-state index contributed by atoms with van der Waals surface area (Å²) >= 11 is 5.85. The van der Waals surface area contributed by atoms with Gasteiger partial charge in [0, 0.05) is 17.6 Å². The third-order valence-electron chi connectivity index (χ3n) is 4.22. The van der Waals surface area contributed by atoms with Gasteiger partial charge in [0.15, 0.2) is 0 Å². The number of halogens is 1. The van der Waals surface area contributed by atoms with Gasteiger partial charge in [-0.3, -0.25) is 9.69 Å². The van der Waals surface area contributed by atoms with Gasteiger partial charge in [0.1, 0.15) is 5.76 Å². The fraction of sp³-hybridized carbons (Fsp3) is 0.316. The third-order valence-corrected chi connectivity index (χ3v) is 4.47. The standard InChI is InChI=1S/C19H21ClN2O2/c20-16-8-5-15(6-9-16)7-10-19(23)21-14-17(18-4-3-13-24-18)22-11-1-2-12-22/h3-10,13,17H,1-2,11-12,14H2,(H,21,23)/b10-7+/t17-/m0/s1. The van der Waals surface area contributed by atoms with Crippen molar-refractivity contribution in [3.8, 4) is 0 Å². The molecule has 0 spiro atoms. The van der Waals surface area contributed by atoms with Crippen molar-refractivity contribution in [2.24, 2.45) is 0 Å². The fourth-order valence-corrected chi connectivity index (χ4v) is 3.07. The zero-order valence-corrected chi connectivity index (χ0v) is 14.2. The van der Waals surface area contributed by atoms with Crippen LogP contribution in [0.25, 0.3) is 6.08 Å². The number of carbonyl (C=O) groups is 1. The SMILES string of the molecule is O=C(/C=C/c1ccc(Cl)cc1)NC[C@@H](c1ccco1)N1CCCC1. The van der Waals surface area contributed by atoms with Crippen LogP contribution in [-0.2, 0) is 4.79 Å². The topological polar surface area (TPSA) is 45.5 Å². The van der Waals surface area contributed by atoms with E-state index in [-0.39, 0.29) is 11.9 Å². The highest BCUT2D eigenvalue weighted by Gasteiger charge is 2.25. The first kappa shape index (κ1) is 16.8. The molecule has 0 bridgehead atoms. The van der Waals surface area contributed by atoms with Crippen LogP contribution in [0.2, 0.25) is 5.02 Å². The molecule has 126 valence electrons. The molecule has 1 fully saturated rings. The maximum Gasteiger partial charge on any atom is 0.244 e. The van der Waals surface area contributed by atoms with Crippen molar-refractivity contribution >= 4 is 23.6 Å². The maximum atomic E-state index is 12.1. The van der Waals surface area contributed by atoms with Crippen molar-refractivity contribution in [1.29, 1.82) is 0 Å². The van der Waals surface area contributed by atoms with Gasteiger partial charge in [-0.05, 0) is 61.8 Å². The number of hydrogen-bond donors (Lipinski definition) is 1. The first-order valence-electron chi connectivity index (χ1n) is 8.21. The Morgan fingerprint density at radius 3 is 2.67 bits per heavy atom. The molecule has 3 rings (SSSR count). The van der Waals surface area contributed by atoms with Crippen molar-refractivity contribution < 1.29 is 9.21 Å². The van der Waals surface area contributed by atoms with Gasteiger partial charge in [-0.15, -0.1) is 0 Å². The second-order valence-electron chi connectivity index (χ2n) is 5.90. The number of benzene rings is 1. The summed E-state index contributed by atoms with van der Waals surface area (Å²) in [7, 11) is 0. The Hall–Kier alpha value is -2.04. The van der Waals surface area contributed by atoms with Crippen LogP contribution in [0.1, 0.15) is 30.2 Å². The smallest absolute Gasteiger partial charge is 0.244 e. The zero-order chi connectivity index (χ0) is 16.8. The average molecular weight is 345 g/mol. The lowest BCUT2D eigenvalue weighted by Crippen LogP contribution is -2.36. The number of carbonyl (C=O) groups excluding carboxylic acids is 1. The van der Waals surface area contributed by atoms with E-state index in [0.29, 0.717) is 11.6 Å². The van der Waals surface area contributed by atoms with E-state index in [1.807, 2.05) is 24.3 Å². The van der Waals surface area contributed by atoms with Gasteiger partial charge in [0.2, 0.25) is 5.91 Å². The number of amides is 1. The van der Waals surface area contributed by atoms with E-state index in [1.165, 1.54) is 12.8 Å². The molecular weight excluding hydrogens is 324 g/mol. The number of nitrogens with zero attached hydrogens (tertiary/aromatic N) is 1. The van der Waals surface area contributed by atoms with Gasteiger partial charge < -0.3 is 9.73 Å². The summed E-state index contributed by atoms with van der Waals surface area (Å²) in [6, 6.07) is 11.3. The number of hydrogen-bond acceptors (Lipinski definition) is 3. The molecule has 1 atom stereocenters. The Balaban J connectivity index is 1.57. The summed E-state index contributed by atoms with van der Waals surface area (Å²) in [6.07, 6.45) is 7.40. The van der Waals surface area contributed by atoms with E-state index in [1.54, 1.807) is 30.5 Å². The zero-order valence-electron chi connectivity index (χ0n) is 13.5. The largest absolute Gasteiger partial charge is 0.468 e. The predicted octanol–water partition coefficient (Wildman–Crippen LogP) is 3.90. The Morgan fingerprint density at radius 2 is 2.00 bits per heavy atom. The molecule has 1 amide bonds. The minimum Gasteiger partial charge on any atom is -0.468 e. The number of likely N-dealkylation sites (tertiary alicyclic amines) is 1. The van der Waals surface area contributed by atoms with Crippen LogP contribution in [-0.4, -0.2) is 30.4 Å². The van der Waals surface area contributed by atoms with E-state index in [0.717, 1.165) is 24.4 Å². The molecule has 1 aromatic heterocycles. The van der Waals surface area contributed by atoms with Crippen LogP contribution in [0.3, 0.4) is 0 Å². The molecule has 0 unspecified atom stereocenters. The maximum absolute atomic E-state index is 12.1. The summed E-state index contributed by atoms with van der Waals surface area (Å²) < 4.78 is 5.56. The molecule has 4 nitrogen and oxygen atoms in total. The Labute approximate surface area is 147 Å². The van der Waals surface area contributed by atoms with Crippen LogP contribution in [0.4, 0.5) is 0 Å². The molecule has 0 aliphatic carbocycles. The highest BCUT2D eigenvalue weighted by Crippen LogP contribution is 2.24. The van der Waals surface area contributed by atoms with Gasteiger partial charge in [-0.1, -0.05) is 23.7 Å². The molecule has 0 saturated carbocycles. The van der Waals surface area contributed by atoms with Crippen molar-refractivity contribution in [3.05, 3.63) is 65.1 Å². The third kappa shape index (κ3) is 4.49. The van der Waals surface area contributed by atoms with Gasteiger partial charge in [-0.25, -0.2) is 0 Å². The Bertz CT molecular complexity index is 674. The Morgan fingerprint density at radius 1 is 1.25 bits per heavy atom. The van der Waals surface area contributed by atoms with Crippen LogP contribution in [0, 0.1) is 0 Å². The quantitative estimate of drug-likeness (QED) is 0.808. The lowest BCUT2D eigenvalue weighted by atomic mass is 10.2. The minimum atomic E-state index is -0.110. The molecule has 24 heavy (non-hydrogen) atoms. The van der Waals surface area contributed by atoms with Gasteiger partial charge in [-0.2, -0.15) is 0 Å². The molecule has 1 aliphatic rings. The lowest BCUT2D eigenvalue weighted by molar-refractivity contribution is -0.116. The summed E-state index contributed by atoms with van der Waals surface area (Å²) in [5.41, 5.74) is 0.941. The van der Waals surface area contributed by atoms with E-state index in [2.05, 4.69) is 10.2 Å². The molecule has 5 heteroatoms. The molecule has 1 saturated heterocycles. The van der Waals surface area contributed by atoms with E-state index in [9.17, 15) is 4.79 Å². The fourth-order valence-electron chi connectivity index (χ4n) is 2.95. The van der Waals surface area contributed by atoms with Gasteiger partial charge in [0.25, 0.3) is 0 Å². The van der Waals surface area contributed by atoms with Crippen molar-refractivity contribution in [1.82, 2.24) is 10.2 Å². The second kappa shape index (κ2) is 8.18. The predicted molar refractivity (Wildman–Crippen MR) is 95.8 cm³/mol. The molecule has 0 radical (unpaired) electrons. The van der Waals surface area contributed by atoms with Gasteiger partial charge in [0.05, 0.1) is 12.3 Å². The normalized spacial score (nSPS) is 16.5. The van der Waals surface area contributed by atoms with Crippen molar-refractivity contribution in [2.45, 2.75) is 18.9 Å². The van der Waals surface area contributed by atoms with Crippen LogP contribution in [0.15, 0.2) is 53.2 Å². The van der Waals surface area contributed by atoms with Crippen LogP contribution >= 0.6 is 11.6 Å². The summed E-state index contributed by atoms with van der Waals surface area (Å²) in [5.74, 6) is 0.791. The Kier molecular flexibility index (Phi) is 5.72. The van der Waals surface area contributed by atoms with Crippen molar-refractivity contribution in [2.75, 3.05) is 19.6 Å². The molecule has 1 aromatic carbocycles. The molecule has 2 heterocycles. The highest BCUT2D eigenvalue weighted by molar-refractivity contribution is 6.30. The first-order chi connectivity index (χ1) is 11.7. The van der Waals surface area contributed by atoms with E-state index >= 15 is 0 Å². The number of nitrogens with one attached hydrogen (secondary N) is 1. The minimum absolute atomic E-state index is 0.0929. The lowest BCUT2D eigenvalue weighted by Gasteiger charge is -2.25. The second-order valence-corrected chi connectivity index (χ2v) is 6.34. The highest BCUT2D eigenvalue weighted by atomic mass is 35.5. The first-order valence-corrected chi connectivity index (χ1v) is 8.59. The summed E-state index contributed by atoms with van der Waals surface area (Å²) in [5, 5.41) is 3.66. The van der Waals surface area contributed by atoms with Gasteiger partial charge >= 0.3 is 0 Å². The van der Waals surface area contributed by atoms with Crippen molar-refractivity contribution in [3.63, 3.8) is 0 Å².